The van der Waals surface area contributed by atoms with Crippen molar-refractivity contribution in [2.75, 3.05) is 13.7 Å². The summed E-state index contributed by atoms with van der Waals surface area (Å²) in [7, 11) is 1.65. The van der Waals surface area contributed by atoms with Crippen LogP contribution in [0.4, 0.5) is 0 Å². The highest BCUT2D eigenvalue weighted by molar-refractivity contribution is 9.10. The fourth-order valence-corrected chi connectivity index (χ4v) is 2.44. The zero-order valence-electron chi connectivity index (χ0n) is 11.6. The molecule has 0 radical (unpaired) electrons. The van der Waals surface area contributed by atoms with Crippen LogP contribution in [0.3, 0.4) is 0 Å². The fraction of sp³-hybridized carbons (Fsp3) is 0.250. The van der Waals surface area contributed by atoms with Gasteiger partial charge in [0.15, 0.2) is 0 Å². The molecule has 1 atom stereocenters. The van der Waals surface area contributed by atoms with Crippen molar-refractivity contribution in [1.82, 2.24) is 0 Å². The molecule has 0 saturated carbocycles. The van der Waals surface area contributed by atoms with Gasteiger partial charge in [-0.15, -0.1) is 0 Å². The van der Waals surface area contributed by atoms with Crippen molar-refractivity contribution in [2.45, 2.75) is 13.0 Å². The molecule has 0 aliphatic rings. The standard InChI is InChI=1S/C16H18BrNO2/c1-3-20-13-7-4-11(5-8-13)16(18)14-10-12(17)6-9-15(14)19-2/h4-10,16H,3,18H2,1-2H3. The Bertz CT molecular complexity index is 569. The molecular formula is C16H18BrNO2. The number of ether oxygens (including phenoxy) is 2. The van der Waals surface area contributed by atoms with Crippen molar-refractivity contribution in [3.05, 3.63) is 58.1 Å². The molecule has 0 bridgehead atoms. The molecule has 20 heavy (non-hydrogen) atoms. The molecule has 2 N–H and O–H groups in total. The van der Waals surface area contributed by atoms with Gasteiger partial charge >= 0.3 is 0 Å². The lowest BCUT2D eigenvalue weighted by Crippen LogP contribution is -2.13. The van der Waals surface area contributed by atoms with E-state index in [4.69, 9.17) is 15.2 Å². The molecule has 4 heteroatoms. The van der Waals surface area contributed by atoms with Gasteiger partial charge in [-0.3, -0.25) is 0 Å². The van der Waals surface area contributed by atoms with Crippen LogP contribution in [0.5, 0.6) is 11.5 Å². The van der Waals surface area contributed by atoms with Gasteiger partial charge < -0.3 is 15.2 Å². The van der Waals surface area contributed by atoms with Crippen LogP contribution in [-0.4, -0.2) is 13.7 Å². The Labute approximate surface area is 127 Å². The zero-order valence-corrected chi connectivity index (χ0v) is 13.2. The minimum atomic E-state index is -0.238. The summed E-state index contributed by atoms with van der Waals surface area (Å²) in [5.74, 6) is 1.64. The molecule has 2 rings (SSSR count). The van der Waals surface area contributed by atoms with Crippen molar-refractivity contribution in [2.24, 2.45) is 5.73 Å². The van der Waals surface area contributed by atoms with Gasteiger partial charge in [0.25, 0.3) is 0 Å². The van der Waals surface area contributed by atoms with Crippen molar-refractivity contribution in [1.29, 1.82) is 0 Å². The Balaban J connectivity index is 2.30. The summed E-state index contributed by atoms with van der Waals surface area (Å²) in [6.07, 6.45) is 0. The van der Waals surface area contributed by atoms with E-state index in [-0.39, 0.29) is 6.04 Å². The summed E-state index contributed by atoms with van der Waals surface area (Å²) < 4.78 is 11.8. The van der Waals surface area contributed by atoms with Crippen LogP contribution in [-0.2, 0) is 0 Å². The van der Waals surface area contributed by atoms with E-state index < -0.39 is 0 Å². The van der Waals surface area contributed by atoms with Crippen LogP contribution < -0.4 is 15.2 Å². The monoisotopic (exact) mass is 335 g/mol. The maximum absolute atomic E-state index is 6.34. The number of methoxy groups -OCH3 is 1. The fourth-order valence-electron chi connectivity index (χ4n) is 2.07. The molecule has 0 aliphatic carbocycles. The van der Waals surface area contributed by atoms with Gasteiger partial charge in [-0.2, -0.15) is 0 Å². The van der Waals surface area contributed by atoms with Gasteiger partial charge in [0, 0.05) is 10.0 Å². The van der Waals surface area contributed by atoms with Crippen LogP contribution in [0.25, 0.3) is 0 Å². The first-order valence-electron chi connectivity index (χ1n) is 6.47. The van der Waals surface area contributed by atoms with Crippen molar-refractivity contribution < 1.29 is 9.47 Å². The molecule has 0 saturated heterocycles. The third-order valence-electron chi connectivity index (χ3n) is 3.08. The highest BCUT2D eigenvalue weighted by Gasteiger charge is 2.14. The zero-order chi connectivity index (χ0) is 14.5. The van der Waals surface area contributed by atoms with E-state index in [0.717, 1.165) is 27.1 Å². The topological polar surface area (TPSA) is 44.5 Å². The summed E-state index contributed by atoms with van der Waals surface area (Å²) in [6.45, 7) is 2.62. The van der Waals surface area contributed by atoms with Crippen molar-refractivity contribution in [3.63, 3.8) is 0 Å². The van der Waals surface area contributed by atoms with E-state index in [1.165, 1.54) is 0 Å². The molecule has 2 aromatic carbocycles. The highest BCUT2D eigenvalue weighted by atomic mass is 79.9. The molecule has 0 aromatic heterocycles. The van der Waals surface area contributed by atoms with Gasteiger partial charge in [0.05, 0.1) is 19.8 Å². The molecular weight excluding hydrogens is 318 g/mol. The molecule has 106 valence electrons. The largest absolute Gasteiger partial charge is 0.496 e. The normalized spacial score (nSPS) is 12.0. The van der Waals surface area contributed by atoms with Gasteiger partial charge in [0.2, 0.25) is 0 Å². The Kier molecular flexibility index (Phi) is 5.04. The summed E-state index contributed by atoms with van der Waals surface area (Å²) in [5, 5.41) is 0. The second kappa shape index (κ2) is 6.77. The second-order valence-electron chi connectivity index (χ2n) is 4.37. The summed E-state index contributed by atoms with van der Waals surface area (Å²) >= 11 is 3.47. The SMILES string of the molecule is CCOc1ccc(C(N)c2cc(Br)ccc2OC)cc1. The number of rotatable bonds is 5. The third-order valence-corrected chi connectivity index (χ3v) is 3.57. The molecule has 0 aliphatic heterocycles. The van der Waals surface area contributed by atoms with E-state index in [2.05, 4.69) is 15.9 Å². The quantitative estimate of drug-likeness (QED) is 0.900. The number of benzene rings is 2. The minimum absolute atomic E-state index is 0.238. The Morgan fingerprint density at radius 1 is 1.15 bits per heavy atom. The lowest BCUT2D eigenvalue weighted by molar-refractivity contribution is 0.340. The van der Waals surface area contributed by atoms with Gasteiger partial charge in [-0.05, 0) is 42.8 Å². The van der Waals surface area contributed by atoms with Gasteiger partial charge in [0.1, 0.15) is 11.5 Å². The molecule has 1 unspecified atom stereocenters. The second-order valence-corrected chi connectivity index (χ2v) is 5.28. The van der Waals surface area contributed by atoms with Crippen LogP contribution in [0.1, 0.15) is 24.1 Å². The summed E-state index contributed by atoms with van der Waals surface area (Å²) in [6, 6.07) is 13.4. The summed E-state index contributed by atoms with van der Waals surface area (Å²) in [4.78, 5) is 0. The van der Waals surface area contributed by atoms with Crippen LogP contribution in [0, 0.1) is 0 Å². The maximum Gasteiger partial charge on any atom is 0.124 e. The van der Waals surface area contributed by atoms with E-state index in [1.54, 1.807) is 7.11 Å². The highest BCUT2D eigenvalue weighted by Crippen LogP contribution is 2.31. The van der Waals surface area contributed by atoms with E-state index >= 15 is 0 Å². The number of halogens is 1. The van der Waals surface area contributed by atoms with E-state index in [9.17, 15) is 0 Å². The Morgan fingerprint density at radius 3 is 2.45 bits per heavy atom. The first-order valence-corrected chi connectivity index (χ1v) is 7.26. The average molecular weight is 336 g/mol. The van der Waals surface area contributed by atoms with Gasteiger partial charge in [-0.25, -0.2) is 0 Å². The van der Waals surface area contributed by atoms with Gasteiger partial charge in [-0.1, -0.05) is 28.1 Å². The third kappa shape index (κ3) is 3.32. The average Bonchev–Trinajstić information content (AvgIpc) is 2.47. The van der Waals surface area contributed by atoms with Crippen molar-refractivity contribution >= 4 is 15.9 Å². The number of hydrogen-bond acceptors (Lipinski definition) is 3. The maximum atomic E-state index is 6.34. The van der Waals surface area contributed by atoms with E-state index in [1.807, 2.05) is 49.4 Å². The lowest BCUT2D eigenvalue weighted by Gasteiger charge is -2.17. The minimum Gasteiger partial charge on any atom is -0.496 e. The number of hydrogen-bond donors (Lipinski definition) is 1. The molecule has 0 fully saturated rings. The lowest BCUT2D eigenvalue weighted by atomic mass is 9.99. The first-order chi connectivity index (χ1) is 9.65. The molecule has 3 nitrogen and oxygen atoms in total. The Hall–Kier alpha value is -1.52. The van der Waals surface area contributed by atoms with Crippen molar-refractivity contribution in [3.8, 4) is 11.5 Å². The Morgan fingerprint density at radius 2 is 1.85 bits per heavy atom. The smallest absolute Gasteiger partial charge is 0.124 e. The molecule has 0 amide bonds. The van der Waals surface area contributed by atoms with Crippen LogP contribution in [0.15, 0.2) is 46.9 Å². The predicted octanol–water partition coefficient (Wildman–Crippen LogP) is 3.90. The van der Waals surface area contributed by atoms with Crippen LogP contribution in [0.2, 0.25) is 0 Å². The number of nitrogens with two attached hydrogens (primary N) is 1. The van der Waals surface area contributed by atoms with E-state index in [0.29, 0.717) is 6.61 Å². The molecule has 2 aromatic rings. The predicted molar refractivity (Wildman–Crippen MR) is 84.3 cm³/mol. The molecule has 0 heterocycles. The first kappa shape index (κ1) is 14.9. The van der Waals surface area contributed by atoms with Crippen LogP contribution >= 0.6 is 15.9 Å². The summed E-state index contributed by atoms with van der Waals surface area (Å²) in [5.41, 5.74) is 8.31. The molecule has 0 spiro atoms.